The SMILES string of the molecule is CCCC(O)Cc1ccc2occc2c1. The van der Waals surface area contributed by atoms with Gasteiger partial charge in [0.1, 0.15) is 5.58 Å². The van der Waals surface area contributed by atoms with Gasteiger partial charge in [-0.3, -0.25) is 0 Å². The van der Waals surface area contributed by atoms with E-state index in [9.17, 15) is 5.11 Å². The van der Waals surface area contributed by atoms with Crippen LogP contribution in [-0.4, -0.2) is 11.2 Å². The van der Waals surface area contributed by atoms with Crippen LogP contribution < -0.4 is 0 Å². The fraction of sp³-hybridized carbons (Fsp3) is 0.385. The summed E-state index contributed by atoms with van der Waals surface area (Å²) in [4.78, 5) is 0. The lowest BCUT2D eigenvalue weighted by molar-refractivity contribution is 0.164. The Morgan fingerprint density at radius 3 is 3.00 bits per heavy atom. The van der Waals surface area contributed by atoms with Crippen molar-refractivity contribution in [2.24, 2.45) is 0 Å². The van der Waals surface area contributed by atoms with Crippen LogP contribution in [0.2, 0.25) is 0 Å². The predicted octanol–water partition coefficient (Wildman–Crippen LogP) is 3.14. The molecule has 0 radical (unpaired) electrons. The highest BCUT2D eigenvalue weighted by Gasteiger charge is 2.05. The fourth-order valence-corrected chi connectivity index (χ4v) is 1.85. The Morgan fingerprint density at radius 1 is 1.33 bits per heavy atom. The summed E-state index contributed by atoms with van der Waals surface area (Å²) in [5, 5.41) is 10.8. The van der Waals surface area contributed by atoms with Gasteiger partial charge in [0, 0.05) is 5.39 Å². The zero-order valence-corrected chi connectivity index (χ0v) is 8.94. The Morgan fingerprint density at radius 2 is 2.20 bits per heavy atom. The van der Waals surface area contributed by atoms with Gasteiger partial charge in [0.05, 0.1) is 12.4 Å². The van der Waals surface area contributed by atoms with Crippen molar-refractivity contribution in [3.8, 4) is 0 Å². The van der Waals surface area contributed by atoms with Crippen molar-refractivity contribution in [3.63, 3.8) is 0 Å². The molecule has 0 spiro atoms. The third kappa shape index (κ3) is 2.39. The molecule has 0 saturated heterocycles. The lowest BCUT2D eigenvalue weighted by Gasteiger charge is -2.08. The number of aliphatic hydroxyl groups excluding tert-OH is 1. The minimum atomic E-state index is -0.223. The number of fused-ring (bicyclic) bond motifs is 1. The van der Waals surface area contributed by atoms with Gasteiger partial charge in [-0.1, -0.05) is 19.4 Å². The number of furan rings is 1. The Labute approximate surface area is 89.5 Å². The van der Waals surface area contributed by atoms with Crippen LogP contribution in [0.5, 0.6) is 0 Å². The summed E-state index contributed by atoms with van der Waals surface area (Å²) in [7, 11) is 0. The number of aliphatic hydroxyl groups is 1. The van der Waals surface area contributed by atoms with Crippen molar-refractivity contribution in [2.45, 2.75) is 32.3 Å². The molecule has 0 amide bonds. The van der Waals surface area contributed by atoms with Crippen LogP contribution >= 0.6 is 0 Å². The van der Waals surface area contributed by atoms with Gasteiger partial charge in [0.25, 0.3) is 0 Å². The summed E-state index contributed by atoms with van der Waals surface area (Å²) < 4.78 is 5.26. The summed E-state index contributed by atoms with van der Waals surface area (Å²) in [6.07, 6.45) is 4.09. The van der Waals surface area contributed by atoms with Crippen LogP contribution in [0.25, 0.3) is 11.0 Å². The first-order chi connectivity index (χ1) is 7.29. The molecule has 0 aliphatic heterocycles. The molecule has 1 aromatic heterocycles. The maximum Gasteiger partial charge on any atom is 0.133 e. The molecule has 2 rings (SSSR count). The van der Waals surface area contributed by atoms with Crippen LogP contribution in [0.1, 0.15) is 25.3 Å². The Balaban J connectivity index is 2.14. The van der Waals surface area contributed by atoms with E-state index in [4.69, 9.17) is 4.42 Å². The highest BCUT2D eigenvalue weighted by Crippen LogP contribution is 2.18. The Hall–Kier alpha value is -1.28. The maximum atomic E-state index is 9.70. The second-order valence-corrected chi connectivity index (χ2v) is 3.94. The molecule has 0 aliphatic carbocycles. The van der Waals surface area contributed by atoms with E-state index >= 15 is 0 Å². The number of rotatable bonds is 4. The topological polar surface area (TPSA) is 33.4 Å². The molecular formula is C13H16O2. The maximum absolute atomic E-state index is 9.70. The largest absolute Gasteiger partial charge is 0.464 e. The molecule has 0 aliphatic rings. The lowest BCUT2D eigenvalue weighted by atomic mass is 10.0. The summed E-state index contributed by atoms with van der Waals surface area (Å²) >= 11 is 0. The van der Waals surface area contributed by atoms with Gasteiger partial charge in [-0.15, -0.1) is 0 Å². The van der Waals surface area contributed by atoms with E-state index in [0.717, 1.165) is 30.2 Å². The van der Waals surface area contributed by atoms with E-state index < -0.39 is 0 Å². The molecule has 0 fully saturated rings. The first-order valence-electron chi connectivity index (χ1n) is 5.44. The second kappa shape index (κ2) is 4.49. The zero-order chi connectivity index (χ0) is 10.7. The van der Waals surface area contributed by atoms with Crippen LogP contribution in [0, 0.1) is 0 Å². The molecule has 1 aromatic carbocycles. The average molecular weight is 204 g/mol. The van der Waals surface area contributed by atoms with Gasteiger partial charge in [0.2, 0.25) is 0 Å². The molecule has 1 atom stereocenters. The molecule has 1 N–H and O–H groups in total. The first kappa shape index (κ1) is 10.2. The van der Waals surface area contributed by atoms with Crippen molar-refractivity contribution in [1.29, 1.82) is 0 Å². The highest BCUT2D eigenvalue weighted by atomic mass is 16.3. The number of hydrogen-bond donors (Lipinski definition) is 1. The van der Waals surface area contributed by atoms with Crippen molar-refractivity contribution in [3.05, 3.63) is 36.1 Å². The highest BCUT2D eigenvalue weighted by molar-refractivity contribution is 5.77. The van der Waals surface area contributed by atoms with Gasteiger partial charge >= 0.3 is 0 Å². The molecule has 1 unspecified atom stereocenters. The molecule has 80 valence electrons. The average Bonchev–Trinajstić information content (AvgIpc) is 2.65. The van der Waals surface area contributed by atoms with Gasteiger partial charge in [-0.25, -0.2) is 0 Å². The molecule has 1 heterocycles. The zero-order valence-electron chi connectivity index (χ0n) is 8.94. The Bertz CT molecular complexity index is 431. The molecule has 15 heavy (non-hydrogen) atoms. The van der Waals surface area contributed by atoms with Crippen LogP contribution in [0.4, 0.5) is 0 Å². The number of benzene rings is 1. The van der Waals surface area contributed by atoms with Gasteiger partial charge in [-0.2, -0.15) is 0 Å². The summed E-state index contributed by atoms with van der Waals surface area (Å²) in [6, 6.07) is 8.01. The van der Waals surface area contributed by atoms with Crippen LogP contribution in [-0.2, 0) is 6.42 Å². The van der Waals surface area contributed by atoms with E-state index in [2.05, 4.69) is 13.0 Å². The van der Waals surface area contributed by atoms with E-state index in [0.29, 0.717) is 0 Å². The smallest absolute Gasteiger partial charge is 0.133 e. The molecule has 0 bridgehead atoms. The van der Waals surface area contributed by atoms with E-state index in [1.807, 2.05) is 18.2 Å². The van der Waals surface area contributed by atoms with Gasteiger partial charge in [-0.05, 0) is 36.6 Å². The third-order valence-corrected chi connectivity index (χ3v) is 2.61. The van der Waals surface area contributed by atoms with E-state index in [1.165, 1.54) is 5.56 Å². The molecule has 0 saturated carbocycles. The van der Waals surface area contributed by atoms with E-state index in [1.54, 1.807) is 6.26 Å². The second-order valence-electron chi connectivity index (χ2n) is 3.94. The minimum absolute atomic E-state index is 0.223. The monoisotopic (exact) mass is 204 g/mol. The minimum Gasteiger partial charge on any atom is -0.464 e. The normalized spacial score (nSPS) is 13.2. The fourth-order valence-electron chi connectivity index (χ4n) is 1.85. The van der Waals surface area contributed by atoms with Gasteiger partial charge in [0.15, 0.2) is 0 Å². The standard InChI is InChI=1S/C13H16O2/c1-2-3-12(14)9-10-4-5-13-11(8-10)6-7-15-13/h4-8,12,14H,2-3,9H2,1H3. The molecular weight excluding hydrogens is 188 g/mol. The lowest BCUT2D eigenvalue weighted by Crippen LogP contribution is -2.09. The summed E-state index contributed by atoms with van der Waals surface area (Å²) in [6.45, 7) is 2.09. The summed E-state index contributed by atoms with van der Waals surface area (Å²) in [5.41, 5.74) is 2.08. The van der Waals surface area contributed by atoms with Gasteiger partial charge < -0.3 is 9.52 Å². The molecule has 2 heteroatoms. The van der Waals surface area contributed by atoms with Crippen LogP contribution in [0.3, 0.4) is 0 Å². The van der Waals surface area contributed by atoms with Crippen LogP contribution in [0.15, 0.2) is 34.9 Å². The molecule has 2 nitrogen and oxygen atoms in total. The quantitative estimate of drug-likeness (QED) is 0.830. The number of hydrogen-bond acceptors (Lipinski definition) is 2. The first-order valence-corrected chi connectivity index (χ1v) is 5.44. The van der Waals surface area contributed by atoms with E-state index in [-0.39, 0.29) is 6.10 Å². The Kier molecular flexibility index (Phi) is 3.07. The van der Waals surface area contributed by atoms with Crippen molar-refractivity contribution in [2.75, 3.05) is 0 Å². The van der Waals surface area contributed by atoms with Crippen molar-refractivity contribution in [1.82, 2.24) is 0 Å². The molecule has 2 aromatic rings. The third-order valence-electron chi connectivity index (χ3n) is 2.61. The predicted molar refractivity (Wildman–Crippen MR) is 60.8 cm³/mol. The summed E-state index contributed by atoms with van der Waals surface area (Å²) in [5.74, 6) is 0. The van der Waals surface area contributed by atoms with Crippen molar-refractivity contribution < 1.29 is 9.52 Å². The van der Waals surface area contributed by atoms with Crippen molar-refractivity contribution >= 4 is 11.0 Å².